The number of rotatable bonds is 9. The lowest BCUT2D eigenvalue weighted by molar-refractivity contribution is 0.0469. The zero-order chi connectivity index (χ0) is 24.0. The Morgan fingerprint density at radius 3 is 1.97 bits per heavy atom. The van der Waals surface area contributed by atoms with Crippen molar-refractivity contribution in [3.63, 3.8) is 0 Å². The summed E-state index contributed by atoms with van der Waals surface area (Å²) in [5.74, 6) is 0.834. The fourth-order valence-electron chi connectivity index (χ4n) is 3.13. The van der Waals surface area contributed by atoms with Gasteiger partial charge in [0, 0.05) is 18.7 Å². The van der Waals surface area contributed by atoms with E-state index in [9.17, 15) is 13.2 Å². The highest BCUT2D eigenvalue weighted by Gasteiger charge is 2.22. The van der Waals surface area contributed by atoms with Crippen LogP contribution in [0.5, 0.6) is 17.2 Å². The van der Waals surface area contributed by atoms with Crippen LogP contribution in [0.1, 0.15) is 15.9 Å². The minimum absolute atomic E-state index is 0.0620. The number of methoxy groups -OCH3 is 3. The number of carbonyl (C=O) groups is 1. The van der Waals surface area contributed by atoms with Gasteiger partial charge in [0.2, 0.25) is 0 Å². The van der Waals surface area contributed by atoms with Crippen LogP contribution in [-0.4, -0.2) is 42.8 Å². The third-order valence-corrected chi connectivity index (χ3v) is 6.81. The Labute approximate surface area is 193 Å². The van der Waals surface area contributed by atoms with Crippen LogP contribution < -0.4 is 18.5 Å². The number of hydrogen-bond donors (Lipinski definition) is 0. The third kappa shape index (κ3) is 5.20. The third-order valence-electron chi connectivity index (χ3n) is 5.01. The van der Waals surface area contributed by atoms with Crippen molar-refractivity contribution in [3.8, 4) is 17.2 Å². The topological polar surface area (TPSA) is 91.4 Å². The predicted octanol–water partition coefficient (Wildman–Crippen LogP) is 3.89. The minimum atomic E-state index is -3.77. The van der Waals surface area contributed by atoms with Gasteiger partial charge in [-0.3, -0.25) is 4.31 Å². The summed E-state index contributed by atoms with van der Waals surface area (Å²) in [5, 5.41) is 0. The summed E-state index contributed by atoms with van der Waals surface area (Å²) in [6, 6.07) is 17.6. The van der Waals surface area contributed by atoms with Crippen LogP contribution in [0, 0.1) is 0 Å². The lowest BCUT2D eigenvalue weighted by atomic mass is 10.2. The van der Waals surface area contributed by atoms with E-state index in [-0.39, 0.29) is 17.1 Å². The van der Waals surface area contributed by atoms with Crippen LogP contribution in [-0.2, 0) is 21.4 Å². The Morgan fingerprint density at radius 2 is 1.39 bits per heavy atom. The second-order valence-electron chi connectivity index (χ2n) is 6.93. The molecule has 0 amide bonds. The maximum Gasteiger partial charge on any atom is 0.338 e. The number of sulfonamides is 1. The van der Waals surface area contributed by atoms with Crippen LogP contribution in [0.4, 0.5) is 5.69 Å². The Balaban J connectivity index is 1.74. The second-order valence-corrected chi connectivity index (χ2v) is 8.90. The van der Waals surface area contributed by atoms with Crippen molar-refractivity contribution in [1.29, 1.82) is 0 Å². The number of carbonyl (C=O) groups excluding carboxylic acids is 1. The normalized spacial score (nSPS) is 10.9. The van der Waals surface area contributed by atoms with Gasteiger partial charge < -0.3 is 18.9 Å². The Bertz CT molecular complexity index is 1210. The highest BCUT2D eigenvalue weighted by molar-refractivity contribution is 7.92. The van der Waals surface area contributed by atoms with E-state index in [0.29, 0.717) is 28.5 Å². The molecule has 0 unspecified atom stereocenters. The smallest absolute Gasteiger partial charge is 0.338 e. The highest BCUT2D eigenvalue weighted by atomic mass is 32.2. The molecule has 0 N–H and O–H groups in total. The monoisotopic (exact) mass is 471 g/mol. The predicted molar refractivity (Wildman–Crippen MR) is 124 cm³/mol. The summed E-state index contributed by atoms with van der Waals surface area (Å²) < 4.78 is 48.2. The van der Waals surface area contributed by atoms with Gasteiger partial charge in [-0.05, 0) is 42.5 Å². The van der Waals surface area contributed by atoms with Crippen molar-refractivity contribution in [2.24, 2.45) is 0 Å². The summed E-state index contributed by atoms with van der Waals surface area (Å²) in [4.78, 5) is 12.6. The molecule has 9 heteroatoms. The maximum absolute atomic E-state index is 12.9. The molecule has 0 atom stereocenters. The van der Waals surface area contributed by atoms with E-state index in [2.05, 4.69) is 0 Å². The molecule has 3 rings (SSSR count). The first-order valence-corrected chi connectivity index (χ1v) is 11.4. The molecule has 0 aliphatic rings. The lowest BCUT2D eigenvalue weighted by Gasteiger charge is -2.19. The van der Waals surface area contributed by atoms with E-state index in [1.54, 1.807) is 36.4 Å². The molecule has 0 spiro atoms. The summed E-state index contributed by atoms with van der Waals surface area (Å²) in [6.45, 7) is -0.0703. The molecule has 0 radical (unpaired) electrons. The van der Waals surface area contributed by atoms with E-state index in [4.69, 9.17) is 18.9 Å². The molecule has 0 saturated carbocycles. The zero-order valence-corrected chi connectivity index (χ0v) is 19.6. The number of para-hydroxylation sites is 1. The molecule has 0 aromatic heterocycles. The van der Waals surface area contributed by atoms with Crippen LogP contribution >= 0.6 is 0 Å². The van der Waals surface area contributed by atoms with Crippen molar-refractivity contribution in [2.75, 3.05) is 32.7 Å². The molecule has 3 aromatic rings. The summed E-state index contributed by atoms with van der Waals surface area (Å²) in [5.41, 5.74) is 1.34. The van der Waals surface area contributed by atoms with Gasteiger partial charge in [-0.15, -0.1) is 0 Å². The largest absolute Gasteiger partial charge is 0.496 e. The van der Waals surface area contributed by atoms with Gasteiger partial charge in [0.25, 0.3) is 10.0 Å². The molecular weight excluding hydrogens is 446 g/mol. The average Bonchev–Trinajstić information content (AvgIpc) is 2.86. The fourth-order valence-corrected chi connectivity index (χ4v) is 4.33. The van der Waals surface area contributed by atoms with Gasteiger partial charge in [0.1, 0.15) is 12.4 Å². The van der Waals surface area contributed by atoms with Crippen molar-refractivity contribution in [3.05, 3.63) is 77.9 Å². The Hall–Kier alpha value is -3.72. The van der Waals surface area contributed by atoms with E-state index < -0.39 is 16.0 Å². The summed E-state index contributed by atoms with van der Waals surface area (Å²) in [7, 11) is 2.22. The number of hydrogen-bond acceptors (Lipinski definition) is 7. The quantitative estimate of drug-likeness (QED) is 0.437. The van der Waals surface area contributed by atoms with Crippen LogP contribution in [0.3, 0.4) is 0 Å². The highest BCUT2D eigenvalue weighted by Crippen LogP contribution is 2.35. The molecule has 0 fully saturated rings. The van der Waals surface area contributed by atoms with Crippen molar-refractivity contribution in [2.45, 2.75) is 11.5 Å². The molecule has 0 aliphatic heterocycles. The first-order valence-electron chi connectivity index (χ1n) is 9.92. The van der Waals surface area contributed by atoms with Crippen molar-refractivity contribution < 1.29 is 32.2 Å². The Morgan fingerprint density at radius 1 is 0.818 bits per heavy atom. The lowest BCUT2D eigenvalue weighted by Crippen LogP contribution is -2.26. The van der Waals surface area contributed by atoms with E-state index >= 15 is 0 Å². The Kier molecular flexibility index (Phi) is 7.44. The molecule has 0 heterocycles. The maximum atomic E-state index is 12.9. The molecule has 0 saturated heterocycles. The van der Waals surface area contributed by atoms with Crippen LogP contribution in [0.2, 0.25) is 0 Å². The van der Waals surface area contributed by atoms with Gasteiger partial charge in [-0.25, -0.2) is 13.2 Å². The van der Waals surface area contributed by atoms with Crippen molar-refractivity contribution in [1.82, 2.24) is 0 Å². The molecule has 0 aliphatic carbocycles. The number of benzene rings is 3. The van der Waals surface area contributed by atoms with Gasteiger partial charge in [0.05, 0.1) is 37.5 Å². The van der Waals surface area contributed by atoms with Crippen LogP contribution in [0.15, 0.2) is 71.6 Å². The standard InChI is InChI=1S/C24H25NO7S/c1-25(19-8-6-5-7-9-19)33(27,28)20-12-10-17(11-13-20)24(26)32-16-18-14-22(30-3)23(31-4)15-21(18)29-2/h5-15H,16H2,1-4H3. The SMILES string of the molecule is COc1cc(OC)c(OC)cc1COC(=O)c1ccc(S(=O)(=O)N(C)c2ccccc2)cc1. The summed E-state index contributed by atoms with van der Waals surface area (Å²) in [6.07, 6.45) is 0. The number of ether oxygens (including phenoxy) is 4. The molecule has 33 heavy (non-hydrogen) atoms. The first kappa shape index (κ1) is 23.9. The van der Waals surface area contributed by atoms with E-state index in [0.717, 1.165) is 0 Å². The fraction of sp³-hybridized carbons (Fsp3) is 0.208. The number of esters is 1. The summed E-state index contributed by atoms with van der Waals surface area (Å²) >= 11 is 0. The van der Waals surface area contributed by atoms with E-state index in [1.807, 2.05) is 6.07 Å². The van der Waals surface area contributed by atoms with E-state index in [1.165, 1.54) is 56.9 Å². The van der Waals surface area contributed by atoms with Gasteiger partial charge in [-0.2, -0.15) is 0 Å². The average molecular weight is 472 g/mol. The minimum Gasteiger partial charge on any atom is -0.496 e. The van der Waals surface area contributed by atoms with Crippen molar-refractivity contribution >= 4 is 21.7 Å². The number of anilines is 1. The molecule has 8 nitrogen and oxygen atoms in total. The molecule has 3 aromatic carbocycles. The molecule has 0 bridgehead atoms. The molecular formula is C24H25NO7S. The van der Waals surface area contributed by atoms with Gasteiger partial charge in [0.15, 0.2) is 11.5 Å². The zero-order valence-electron chi connectivity index (χ0n) is 18.8. The van der Waals surface area contributed by atoms with Gasteiger partial charge in [-0.1, -0.05) is 18.2 Å². The van der Waals surface area contributed by atoms with Crippen LogP contribution in [0.25, 0.3) is 0 Å². The van der Waals surface area contributed by atoms with Gasteiger partial charge >= 0.3 is 5.97 Å². The molecule has 174 valence electrons. The second kappa shape index (κ2) is 10.3. The first-order chi connectivity index (χ1) is 15.8. The number of nitrogens with zero attached hydrogens (tertiary/aromatic N) is 1.